The maximum absolute atomic E-state index is 10.2. The predicted molar refractivity (Wildman–Crippen MR) is 71.8 cm³/mol. The minimum atomic E-state index is -0.476. The Bertz CT molecular complexity index is 313. The van der Waals surface area contributed by atoms with Gasteiger partial charge in [0, 0.05) is 0 Å². The summed E-state index contributed by atoms with van der Waals surface area (Å²) in [4.78, 5) is 0. The molecule has 2 atom stereocenters. The maximum atomic E-state index is 10.2. The summed E-state index contributed by atoms with van der Waals surface area (Å²) in [6.07, 6.45) is 6.80. The Hall–Kier alpha value is -0.600. The van der Waals surface area contributed by atoms with Crippen molar-refractivity contribution < 1.29 is 10.2 Å². The van der Waals surface area contributed by atoms with Gasteiger partial charge in [-0.2, -0.15) is 0 Å². The second-order valence-corrected chi connectivity index (χ2v) is 6.00. The third kappa shape index (κ3) is 4.29. The first-order chi connectivity index (χ1) is 7.83. The molecule has 0 aliphatic heterocycles. The van der Waals surface area contributed by atoms with Crippen LogP contribution in [0.4, 0.5) is 0 Å². The molecule has 0 heterocycles. The Morgan fingerprint density at radius 1 is 1.24 bits per heavy atom. The van der Waals surface area contributed by atoms with Crippen molar-refractivity contribution >= 4 is 0 Å². The van der Waals surface area contributed by atoms with Gasteiger partial charge in [0.25, 0.3) is 0 Å². The van der Waals surface area contributed by atoms with Gasteiger partial charge in [-0.05, 0) is 50.5 Å². The van der Waals surface area contributed by atoms with Crippen molar-refractivity contribution in [1.29, 1.82) is 0 Å². The van der Waals surface area contributed by atoms with Gasteiger partial charge in [-0.3, -0.25) is 0 Å². The summed E-state index contributed by atoms with van der Waals surface area (Å²) in [5.74, 6) is 0. The highest BCUT2D eigenvalue weighted by atomic mass is 16.3. The summed E-state index contributed by atoms with van der Waals surface area (Å²) in [6, 6.07) is 0. The fourth-order valence-corrected chi connectivity index (χ4v) is 2.16. The highest BCUT2D eigenvalue weighted by Gasteiger charge is 2.26. The zero-order valence-electron chi connectivity index (χ0n) is 11.5. The SMILES string of the molecule is C/C1=C/C[C@H](O)/C(C)=C/[C@@H](O)C(C)(C)CCC1. The molecule has 0 fully saturated rings. The molecular formula is C15H26O2. The van der Waals surface area contributed by atoms with E-state index in [2.05, 4.69) is 26.8 Å². The van der Waals surface area contributed by atoms with Crippen LogP contribution in [0.25, 0.3) is 0 Å². The number of hydrogen-bond donors (Lipinski definition) is 2. The number of aliphatic hydroxyl groups excluding tert-OH is 2. The van der Waals surface area contributed by atoms with Gasteiger partial charge in [0.1, 0.15) is 0 Å². The summed E-state index contributed by atoms with van der Waals surface area (Å²) < 4.78 is 0. The zero-order valence-corrected chi connectivity index (χ0v) is 11.5. The Labute approximate surface area is 105 Å². The highest BCUT2D eigenvalue weighted by Crippen LogP contribution is 2.31. The van der Waals surface area contributed by atoms with Crippen LogP contribution in [0.3, 0.4) is 0 Å². The molecule has 1 aliphatic rings. The summed E-state index contributed by atoms with van der Waals surface area (Å²) in [5.41, 5.74) is 2.09. The van der Waals surface area contributed by atoms with Crippen molar-refractivity contribution in [3.8, 4) is 0 Å². The monoisotopic (exact) mass is 238 g/mol. The highest BCUT2D eigenvalue weighted by molar-refractivity contribution is 5.13. The molecule has 0 radical (unpaired) electrons. The second-order valence-electron chi connectivity index (χ2n) is 6.00. The number of hydrogen-bond acceptors (Lipinski definition) is 2. The standard InChI is InChI=1S/C15H26O2/c1-11-6-5-9-15(3,4)14(17)10-12(2)13(16)8-7-11/h7,10,13-14,16-17H,5-6,8-9H2,1-4H3/b11-7-,12-10+/t13-,14+/m0/s1. The first kappa shape index (κ1) is 14.5. The second kappa shape index (κ2) is 5.83. The number of rotatable bonds is 0. The lowest BCUT2D eigenvalue weighted by atomic mass is 9.80. The van der Waals surface area contributed by atoms with Crippen LogP contribution in [0.1, 0.15) is 53.4 Å². The van der Waals surface area contributed by atoms with Crippen LogP contribution >= 0.6 is 0 Å². The van der Waals surface area contributed by atoms with E-state index in [1.54, 1.807) is 0 Å². The number of aliphatic hydroxyl groups is 2. The molecule has 0 saturated heterocycles. The minimum Gasteiger partial charge on any atom is -0.388 e. The van der Waals surface area contributed by atoms with Gasteiger partial charge >= 0.3 is 0 Å². The topological polar surface area (TPSA) is 40.5 Å². The average Bonchev–Trinajstić information content (AvgIpc) is 2.25. The molecule has 0 amide bonds. The largest absolute Gasteiger partial charge is 0.388 e. The zero-order chi connectivity index (χ0) is 13.1. The fraction of sp³-hybridized carbons (Fsp3) is 0.733. The van der Waals surface area contributed by atoms with E-state index in [1.807, 2.05) is 13.0 Å². The van der Waals surface area contributed by atoms with E-state index in [-0.39, 0.29) is 5.41 Å². The van der Waals surface area contributed by atoms with Crippen molar-refractivity contribution in [2.75, 3.05) is 0 Å². The summed E-state index contributed by atoms with van der Waals surface area (Å²) in [5, 5.41) is 20.2. The van der Waals surface area contributed by atoms with Gasteiger partial charge in [-0.15, -0.1) is 0 Å². The maximum Gasteiger partial charge on any atom is 0.0782 e. The Balaban J connectivity index is 2.92. The van der Waals surface area contributed by atoms with Crippen LogP contribution in [0.5, 0.6) is 0 Å². The van der Waals surface area contributed by atoms with Crippen molar-refractivity contribution in [3.05, 3.63) is 23.3 Å². The van der Waals surface area contributed by atoms with Gasteiger partial charge in [-0.25, -0.2) is 0 Å². The van der Waals surface area contributed by atoms with Crippen molar-refractivity contribution in [1.82, 2.24) is 0 Å². The smallest absolute Gasteiger partial charge is 0.0782 e. The summed E-state index contributed by atoms with van der Waals surface area (Å²) in [7, 11) is 0. The van der Waals surface area contributed by atoms with Gasteiger partial charge in [0.2, 0.25) is 0 Å². The summed E-state index contributed by atoms with van der Waals surface area (Å²) in [6.45, 7) is 8.19. The molecule has 0 aromatic rings. The Kier molecular flexibility index (Phi) is 4.96. The van der Waals surface area contributed by atoms with Crippen LogP contribution < -0.4 is 0 Å². The molecule has 0 aromatic carbocycles. The van der Waals surface area contributed by atoms with Crippen molar-refractivity contribution in [3.63, 3.8) is 0 Å². The molecule has 2 nitrogen and oxygen atoms in total. The van der Waals surface area contributed by atoms with E-state index in [9.17, 15) is 10.2 Å². The van der Waals surface area contributed by atoms with E-state index in [4.69, 9.17) is 0 Å². The van der Waals surface area contributed by atoms with Gasteiger partial charge in [0.05, 0.1) is 12.2 Å². The summed E-state index contributed by atoms with van der Waals surface area (Å²) >= 11 is 0. The molecule has 0 bridgehead atoms. The van der Waals surface area contributed by atoms with E-state index in [0.717, 1.165) is 24.8 Å². The molecule has 1 rings (SSSR count). The number of allylic oxidation sites excluding steroid dienone is 1. The molecule has 0 aromatic heterocycles. The van der Waals surface area contributed by atoms with E-state index >= 15 is 0 Å². The molecule has 1 aliphatic carbocycles. The minimum absolute atomic E-state index is 0.119. The molecular weight excluding hydrogens is 212 g/mol. The van der Waals surface area contributed by atoms with Crippen LogP contribution in [-0.2, 0) is 0 Å². The van der Waals surface area contributed by atoms with E-state index in [1.165, 1.54) is 5.57 Å². The molecule has 2 heteroatoms. The van der Waals surface area contributed by atoms with Crippen LogP contribution in [-0.4, -0.2) is 22.4 Å². The lowest BCUT2D eigenvalue weighted by Crippen LogP contribution is -2.28. The molecule has 2 N–H and O–H groups in total. The Morgan fingerprint density at radius 3 is 2.53 bits per heavy atom. The normalized spacial score (nSPS) is 37.3. The van der Waals surface area contributed by atoms with Crippen LogP contribution in [0, 0.1) is 5.41 Å². The van der Waals surface area contributed by atoms with Gasteiger partial charge < -0.3 is 10.2 Å². The first-order valence-corrected chi connectivity index (χ1v) is 6.53. The molecule has 0 unspecified atom stereocenters. The van der Waals surface area contributed by atoms with E-state index in [0.29, 0.717) is 6.42 Å². The average molecular weight is 238 g/mol. The van der Waals surface area contributed by atoms with Crippen LogP contribution in [0.2, 0.25) is 0 Å². The first-order valence-electron chi connectivity index (χ1n) is 6.53. The Morgan fingerprint density at radius 2 is 1.88 bits per heavy atom. The molecule has 0 saturated carbocycles. The molecule has 17 heavy (non-hydrogen) atoms. The van der Waals surface area contributed by atoms with Crippen molar-refractivity contribution in [2.24, 2.45) is 5.41 Å². The lowest BCUT2D eigenvalue weighted by molar-refractivity contribution is 0.0797. The van der Waals surface area contributed by atoms with Gasteiger partial charge in [0.15, 0.2) is 0 Å². The van der Waals surface area contributed by atoms with Crippen LogP contribution in [0.15, 0.2) is 23.3 Å². The van der Waals surface area contributed by atoms with E-state index < -0.39 is 12.2 Å². The molecule has 98 valence electrons. The quantitative estimate of drug-likeness (QED) is 0.636. The van der Waals surface area contributed by atoms with Gasteiger partial charge in [-0.1, -0.05) is 31.6 Å². The predicted octanol–water partition coefficient (Wildman–Crippen LogP) is 3.20. The fourth-order valence-electron chi connectivity index (χ4n) is 2.16. The third-order valence-corrected chi connectivity index (χ3v) is 3.83. The van der Waals surface area contributed by atoms with Crippen molar-refractivity contribution in [2.45, 2.75) is 65.6 Å². The molecule has 0 spiro atoms. The third-order valence-electron chi connectivity index (χ3n) is 3.83. The lowest BCUT2D eigenvalue weighted by Gasteiger charge is -2.29.